The highest BCUT2D eigenvalue weighted by molar-refractivity contribution is 9.10. The van der Waals surface area contributed by atoms with Crippen LogP contribution in [0.1, 0.15) is 44.9 Å². The van der Waals surface area contributed by atoms with Crippen LogP contribution in [0.4, 0.5) is 0 Å². The third-order valence-corrected chi connectivity index (χ3v) is 8.96. The van der Waals surface area contributed by atoms with E-state index in [1.165, 1.54) is 22.2 Å². The number of hydrogen-bond donors (Lipinski definition) is 0. The molecule has 0 aliphatic carbocycles. The summed E-state index contributed by atoms with van der Waals surface area (Å²) in [6.07, 6.45) is 1.57. The van der Waals surface area contributed by atoms with Gasteiger partial charge in [0.25, 0.3) is 5.56 Å². The molecule has 0 radical (unpaired) electrons. The molecule has 0 saturated carbocycles. The quantitative estimate of drug-likeness (QED) is 0.210. The van der Waals surface area contributed by atoms with E-state index in [0.29, 0.717) is 31.9 Å². The first-order chi connectivity index (χ1) is 20.2. The first-order valence-corrected chi connectivity index (χ1v) is 15.4. The molecule has 9 heteroatoms. The molecule has 3 aromatic carbocycles. The van der Waals surface area contributed by atoms with Crippen molar-refractivity contribution in [2.75, 3.05) is 7.11 Å². The number of para-hydroxylation sites is 1. The molecule has 0 N–H and O–H groups in total. The summed E-state index contributed by atoms with van der Waals surface area (Å²) in [5.41, 5.74) is 4.51. The van der Waals surface area contributed by atoms with Crippen LogP contribution in [-0.2, 0) is 16.1 Å². The number of hydrogen-bond acceptors (Lipinski definition) is 6. The molecule has 7 nitrogen and oxygen atoms in total. The summed E-state index contributed by atoms with van der Waals surface area (Å²) in [5, 5.41) is 2.32. The number of carbonyl (C=O) groups is 1. The van der Waals surface area contributed by atoms with Crippen molar-refractivity contribution in [3.63, 3.8) is 0 Å². The second-order valence-corrected chi connectivity index (χ2v) is 12.4. The topological polar surface area (TPSA) is 74.8 Å². The van der Waals surface area contributed by atoms with Crippen molar-refractivity contribution in [1.29, 1.82) is 0 Å². The van der Waals surface area contributed by atoms with Crippen molar-refractivity contribution in [3.05, 3.63) is 107 Å². The molecule has 0 saturated heterocycles. The number of fused-ring (bicyclic) bond motifs is 4. The Morgan fingerprint density at radius 3 is 2.60 bits per heavy atom. The van der Waals surface area contributed by atoms with E-state index in [2.05, 4.69) is 57.8 Å². The number of thiazole rings is 1. The van der Waals surface area contributed by atoms with Crippen LogP contribution in [0, 0.1) is 0 Å². The normalized spacial score (nSPS) is 15.4. The minimum Gasteiger partial charge on any atom is -0.496 e. The summed E-state index contributed by atoms with van der Waals surface area (Å²) in [5.74, 6) is 0.0467. The van der Waals surface area contributed by atoms with E-state index in [1.807, 2.05) is 36.4 Å². The largest absolute Gasteiger partial charge is 0.496 e. The van der Waals surface area contributed by atoms with E-state index < -0.39 is 12.0 Å². The summed E-state index contributed by atoms with van der Waals surface area (Å²) in [7, 11) is 1.57. The molecule has 42 heavy (non-hydrogen) atoms. The van der Waals surface area contributed by atoms with E-state index in [1.54, 1.807) is 32.4 Å². The van der Waals surface area contributed by atoms with Gasteiger partial charge in [-0.25, -0.2) is 9.79 Å². The molecule has 3 heterocycles. The van der Waals surface area contributed by atoms with Gasteiger partial charge in [0.2, 0.25) is 0 Å². The number of ether oxygens (including phenoxy) is 2. The minimum atomic E-state index is -0.771. The van der Waals surface area contributed by atoms with Crippen LogP contribution in [0.5, 0.6) is 5.75 Å². The van der Waals surface area contributed by atoms with Gasteiger partial charge in [-0.3, -0.25) is 9.36 Å². The predicted molar refractivity (Wildman–Crippen MR) is 171 cm³/mol. The molecule has 214 valence electrons. The van der Waals surface area contributed by atoms with Gasteiger partial charge >= 0.3 is 5.97 Å². The van der Waals surface area contributed by atoms with Crippen molar-refractivity contribution >= 4 is 61.1 Å². The van der Waals surface area contributed by atoms with Gasteiger partial charge in [0.15, 0.2) is 4.80 Å². The maximum atomic E-state index is 14.2. The fourth-order valence-corrected chi connectivity index (χ4v) is 7.15. The van der Waals surface area contributed by atoms with Gasteiger partial charge in [0.05, 0.1) is 29.0 Å². The van der Waals surface area contributed by atoms with Crippen LogP contribution >= 0.6 is 27.3 Å². The van der Waals surface area contributed by atoms with Crippen molar-refractivity contribution in [1.82, 2.24) is 9.13 Å². The Balaban J connectivity index is 1.57. The van der Waals surface area contributed by atoms with Gasteiger partial charge in [0, 0.05) is 38.4 Å². The molecular weight excluding hydrogens is 614 g/mol. The highest BCUT2D eigenvalue weighted by Gasteiger charge is 2.35. The standard InChI is InChI=1S/C33H30BrN3O4S/c1-6-36-25-10-8-7-9-22(25)23-15-20(11-13-26(23)36)16-28-31(38)37-30(24-17-21(34)12-14-27(24)40-5)29(32(39)41-18(2)3)19(4)35-33(37)42-28/h7-18,30H,6H2,1-5H3/b28-16-/t30-/m1/s1. The maximum Gasteiger partial charge on any atom is 0.338 e. The van der Waals surface area contributed by atoms with Gasteiger partial charge in [-0.1, -0.05) is 51.5 Å². The lowest BCUT2D eigenvalue weighted by molar-refractivity contribution is -0.143. The first-order valence-electron chi connectivity index (χ1n) is 13.8. The smallest absolute Gasteiger partial charge is 0.338 e. The highest BCUT2D eigenvalue weighted by Crippen LogP contribution is 2.37. The number of aromatic nitrogens is 2. The molecular formula is C33H30BrN3O4S. The van der Waals surface area contributed by atoms with E-state index in [4.69, 9.17) is 14.5 Å². The summed E-state index contributed by atoms with van der Waals surface area (Å²) < 4.78 is 16.5. The van der Waals surface area contributed by atoms with Crippen LogP contribution in [0.3, 0.4) is 0 Å². The van der Waals surface area contributed by atoms with Gasteiger partial charge < -0.3 is 14.0 Å². The molecule has 1 atom stereocenters. The zero-order valence-corrected chi connectivity index (χ0v) is 26.4. The monoisotopic (exact) mass is 643 g/mol. The Labute approximate surface area is 255 Å². The Hall–Kier alpha value is -3.95. The molecule has 5 aromatic rings. The van der Waals surface area contributed by atoms with Gasteiger partial charge in [-0.15, -0.1) is 0 Å². The van der Waals surface area contributed by atoms with Crippen molar-refractivity contribution in [2.24, 2.45) is 4.99 Å². The molecule has 0 amide bonds. The maximum absolute atomic E-state index is 14.2. The van der Waals surface area contributed by atoms with Crippen LogP contribution in [0.2, 0.25) is 0 Å². The number of methoxy groups -OCH3 is 1. The molecule has 2 aromatic heterocycles. The molecule has 6 rings (SSSR count). The number of esters is 1. The van der Waals surface area contributed by atoms with Crippen LogP contribution in [0.25, 0.3) is 27.9 Å². The lowest BCUT2D eigenvalue weighted by Gasteiger charge is -2.26. The zero-order chi connectivity index (χ0) is 29.7. The van der Waals surface area contributed by atoms with E-state index in [0.717, 1.165) is 27.5 Å². The molecule has 1 aliphatic heterocycles. The summed E-state index contributed by atoms with van der Waals surface area (Å²) in [4.78, 5) is 32.8. The molecule has 1 aliphatic rings. The van der Waals surface area contributed by atoms with E-state index in [9.17, 15) is 9.59 Å². The molecule has 0 bridgehead atoms. The van der Waals surface area contributed by atoms with Crippen LogP contribution < -0.4 is 19.6 Å². The Bertz CT molecular complexity index is 2100. The summed E-state index contributed by atoms with van der Waals surface area (Å²) >= 11 is 4.86. The Kier molecular flexibility index (Phi) is 7.41. The molecule has 0 fully saturated rings. The SMILES string of the molecule is CCn1c2ccccc2c2cc(/C=c3\sc4n(c3=O)[C@H](c3cc(Br)ccc3OC)C(C(=O)OC(C)C)=C(C)N=4)ccc21. The average molecular weight is 645 g/mol. The van der Waals surface area contributed by atoms with Gasteiger partial charge in [-0.2, -0.15) is 0 Å². The fraction of sp³-hybridized carbons (Fsp3) is 0.242. The fourth-order valence-electron chi connectivity index (χ4n) is 5.73. The van der Waals surface area contributed by atoms with E-state index >= 15 is 0 Å². The molecule has 0 spiro atoms. The second-order valence-electron chi connectivity index (χ2n) is 10.5. The number of halogens is 1. The van der Waals surface area contributed by atoms with E-state index in [-0.39, 0.29) is 11.7 Å². The first kappa shape index (κ1) is 28.2. The Morgan fingerprint density at radius 2 is 1.86 bits per heavy atom. The number of aryl methyl sites for hydroxylation is 1. The van der Waals surface area contributed by atoms with Crippen molar-refractivity contribution < 1.29 is 14.3 Å². The van der Waals surface area contributed by atoms with Crippen molar-refractivity contribution in [3.8, 4) is 5.75 Å². The number of carbonyl (C=O) groups excluding carboxylic acids is 1. The third kappa shape index (κ3) is 4.70. The van der Waals surface area contributed by atoms with Crippen LogP contribution in [0.15, 0.2) is 86.2 Å². The van der Waals surface area contributed by atoms with Crippen molar-refractivity contribution in [2.45, 2.75) is 46.4 Å². The predicted octanol–water partition coefficient (Wildman–Crippen LogP) is 6.09. The average Bonchev–Trinajstić information content (AvgIpc) is 3.44. The number of nitrogens with zero attached hydrogens (tertiary/aromatic N) is 3. The summed E-state index contributed by atoms with van der Waals surface area (Å²) in [6.45, 7) is 8.38. The third-order valence-electron chi connectivity index (χ3n) is 7.48. The number of rotatable bonds is 6. The van der Waals surface area contributed by atoms with Gasteiger partial charge in [0.1, 0.15) is 11.8 Å². The van der Waals surface area contributed by atoms with Gasteiger partial charge in [-0.05, 0) is 75.7 Å². The summed E-state index contributed by atoms with van der Waals surface area (Å²) in [6, 6.07) is 19.4. The second kappa shape index (κ2) is 11.0. The Morgan fingerprint density at radius 1 is 1.10 bits per heavy atom. The lowest BCUT2D eigenvalue weighted by atomic mass is 9.95. The number of allylic oxidation sites excluding steroid dienone is 1. The minimum absolute atomic E-state index is 0.232. The zero-order valence-electron chi connectivity index (χ0n) is 24.0. The highest BCUT2D eigenvalue weighted by atomic mass is 79.9. The lowest BCUT2D eigenvalue weighted by Crippen LogP contribution is -2.40. The molecule has 0 unspecified atom stereocenters. The van der Waals surface area contributed by atoms with Crippen LogP contribution in [-0.4, -0.2) is 28.3 Å². The number of benzene rings is 3.